The maximum absolute atomic E-state index is 14.3. The normalized spacial score (nSPS) is 13.0. The van der Waals surface area contributed by atoms with Gasteiger partial charge < -0.3 is 9.64 Å². The lowest BCUT2D eigenvalue weighted by atomic mass is 9.87. The van der Waals surface area contributed by atoms with Crippen LogP contribution in [0.25, 0.3) is 10.2 Å². The van der Waals surface area contributed by atoms with Crippen molar-refractivity contribution in [3.05, 3.63) is 77.9 Å². The molecule has 2 heterocycles. The smallest absolute Gasteiger partial charge is 0.241 e. The molecule has 1 amide bonds. The molecule has 0 spiro atoms. The van der Waals surface area contributed by atoms with Crippen molar-refractivity contribution in [1.29, 1.82) is 0 Å². The molecule has 168 valence electrons. The van der Waals surface area contributed by atoms with E-state index in [-0.39, 0.29) is 5.91 Å². The number of nitrogens with zero attached hydrogens (tertiary/aromatic N) is 3. The van der Waals surface area contributed by atoms with Gasteiger partial charge in [0, 0.05) is 29.1 Å². The molecular formula is C26H25N3O2S2. The number of ether oxygens (including phenoxy) is 1. The van der Waals surface area contributed by atoms with E-state index >= 15 is 0 Å². The van der Waals surface area contributed by atoms with Gasteiger partial charge in [-0.05, 0) is 50.7 Å². The fourth-order valence-electron chi connectivity index (χ4n) is 4.07. The highest BCUT2D eigenvalue weighted by Crippen LogP contribution is 2.45. The summed E-state index contributed by atoms with van der Waals surface area (Å²) in [6.45, 7) is 1.30. The lowest BCUT2D eigenvalue weighted by Crippen LogP contribution is -2.40. The predicted molar refractivity (Wildman–Crippen MR) is 137 cm³/mol. The first-order valence-corrected chi connectivity index (χ1v) is 12.9. The largest absolute Gasteiger partial charge is 0.457 e. The average molecular weight is 476 g/mol. The summed E-state index contributed by atoms with van der Waals surface area (Å²) in [5.74, 6) is 1.04. The Morgan fingerprint density at radius 2 is 1.67 bits per heavy atom. The third-order valence-corrected chi connectivity index (χ3v) is 7.55. The van der Waals surface area contributed by atoms with Gasteiger partial charge in [-0.2, -0.15) is 0 Å². The first-order chi connectivity index (χ1) is 16.0. The Morgan fingerprint density at radius 1 is 1.00 bits per heavy atom. The summed E-state index contributed by atoms with van der Waals surface area (Å²) in [4.78, 5) is 24.2. The number of likely N-dealkylation sites (N-methyl/N-ethyl adjacent to an activating group) is 1. The van der Waals surface area contributed by atoms with Crippen LogP contribution in [-0.4, -0.2) is 49.2 Å². The SMILES string of the molecule is CSc1ccc2nc(N(CCN(C)C)C(=O)C3c4ccccc4Oc4ccccc43)sc2c1. The number of anilines is 1. The molecular weight excluding hydrogens is 450 g/mol. The van der Waals surface area contributed by atoms with E-state index in [2.05, 4.69) is 23.3 Å². The van der Waals surface area contributed by atoms with E-state index in [0.717, 1.165) is 44.5 Å². The molecule has 1 aliphatic rings. The molecule has 5 nitrogen and oxygen atoms in total. The van der Waals surface area contributed by atoms with Crippen LogP contribution in [0.5, 0.6) is 11.5 Å². The van der Waals surface area contributed by atoms with Gasteiger partial charge in [-0.15, -0.1) is 11.8 Å². The van der Waals surface area contributed by atoms with Crippen molar-refractivity contribution in [3.63, 3.8) is 0 Å². The van der Waals surface area contributed by atoms with E-state index in [1.54, 1.807) is 23.1 Å². The average Bonchev–Trinajstić information content (AvgIpc) is 3.25. The second-order valence-electron chi connectivity index (χ2n) is 8.23. The Balaban J connectivity index is 1.60. The number of aromatic nitrogens is 1. The van der Waals surface area contributed by atoms with Crippen LogP contribution in [0.4, 0.5) is 5.13 Å². The minimum atomic E-state index is -0.443. The van der Waals surface area contributed by atoms with E-state index in [1.807, 2.05) is 73.6 Å². The molecule has 4 aromatic rings. The molecule has 7 heteroatoms. The van der Waals surface area contributed by atoms with Crippen LogP contribution < -0.4 is 9.64 Å². The van der Waals surface area contributed by atoms with Crippen molar-refractivity contribution in [1.82, 2.24) is 9.88 Å². The molecule has 0 N–H and O–H groups in total. The number of thiazole rings is 1. The van der Waals surface area contributed by atoms with Crippen LogP contribution in [0.1, 0.15) is 17.0 Å². The van der Waals surface area contributed by atoms with Gasteiger partial charge in [-0.3, -0.25) is 9.69 Å². The highest BCUT2D eigenvalue weighted by molar-refractivity contribution is 7.98. The topological polar surface area (TPSA) is 45.7 Å². The van der Waals surface area contributed by atoms with Crippen LogP contribution >= 0.6 is 23.1 Å². The van der Waals surface area contributed by atoms with Gasteiger partial charge in [0.2, 0.25) is 5.91 Å². The van der Waals surface area contributed by atoms with E-state index in [4.69, 9.17) is 9.72 Å². The van der Waals surface area contributed by atoms with Gasteiger partial charge in [0.15, 0.2) is 5.13 Å². The molecule has 0 radical (unpaired) electrons. The monoisotopic (exact) mass is 475 g/mol. The summed E-state index contributed by atoms with van der Waals surface area (Å²) in [6.07, 6.45) is 2.07. The number of amides is 1. The quantitative estimate of drug-likeness (QED) is 0.327. The van der Waals surface area contributed by atoms with Crippen LogP contribution in [0.15, 0.2) is 71.6 Å². The highest BCUT2D eigenvalue weighted by atomic mass is 32.2. The fraction of sp³-hybridized carbons (Fsp3) is 0.231. The Hall–Kier alpha value is -2.87. The maximum Gasteiger partial charge on any atom is 0.241 e. The number of fused-ring (bicyclic) bond motifs is 3. The molecule has 0 atom stereocenters. The van der Waals surface area contributed by atoms with Crippen molar-refractivity contribution < 1.29 is 9.53 Å². The summed E-state index contributed by atoms with van der Waals surface area (Å²) >= 11 is 3.28. The number of carbonyl (C=O) groups excluding carboxylic acids is 1. The molecule has 0 saturated carbocycles. The van der Waals surface area contributed by atoms with Gasteiger partial charge in [-0.25, -0.2) is 4.98 Å². The van der Waals surface area contributed by atoms with E-state index < -0.39 is 5.92 Å². The molecule has 1 aromatic heterocycles. The molecule has 0 bridgehead atoms. The zero-order chi connectivity index (χ0) is 22.9. The second kappa shape index (κ2) is 9.17. The molecule has 5 rings (SSSR count). The van der Waals surface area contributed by atoms with Gasteiger partial charge in [0.1, 0.15) is 11.5 Å². The highest BCUT2D eigenvalue weighted by Gasteiger charge is 2.36. The van der Waals surface area contributed by atoms with E-state index in [9.17, 15) is 4.79 Å². The molecule has 3 aromatic carbocycles. The zero-order valence-electron chi connectivity index (χ0n) is 18.8. The van der Waals surface area contributed by atoms with Crippen molar-refractivity contribution in [2.24, 2.45) is 0 Å². The molecule has 0 aliphatic carbocycles. The van der Waals surface area contributed by atoms with Crippen molar-refractivity contribution in [2.45, 2.75) is 10.8 Å². The van der Waals surface area contributed by atoms with Crippen LogP contribution in [0, 0.1) is 0 Å². The minimum absolute atomic E-state index is 0.0178. The Bertz CT molecular complexity index is 1270. The number of rotatable bonds is 6. The summed E-state index contributed by atoms with van der Waals surface area (Å²) in [7, 11) is 4.04. The van der Waals surface area contributed by atoms with Crippen LogP contribution in [0.3, 0.4) is 0 Å². The molecule has 0 unspecified atom stereocenters. The third-order valence-electron chi connectivity index (χ3n) is 5.78. The first-order valence-electron chi connectivity index (χ1n) is 10.8. The Kier molecular flexibility index (Phi) is 6.10. The summed E-state index contributed by atoms with van der Waals surface area (Å²) in [6, 6.07) is 21.9. The van der Waals surface area contributed by atoms with Gasteiger partial charge in [0.05, 0.1) is 16.1 Å². The maximum atomic E-state index is 14.3. The molecule has 33 heavy (non-hydrogen) atoms. The fourth-order valence-corrected chi connectivity index (χ4v) is 5.62. The summed E-state index contributed by atoms with van der Waals surface area (Å²) in [5.41, 5.74) is 2.70. The number of para-hydroxylation sites is 2. The minimum Gasteiger partial charge on any atom is -0.457 e. The van der Waals surface area contributed by atoms with Crippen molar-refractivity contribution in [2.75, 3.05) is 38.3 Å². The number of hydrogen-bond acceptors (Lipinski definition) is 6. The summed E-state index contributed by atoms with van der Waals surface area (Å²) < 4.78 is 7.21. The first kappa shape index (κ1) is 21.9. The van der Waals surface area contributed by atoms with Crippen molar-refractivity contribution in [3.8, 4) is 11.5 Å². The standard InChI is InChI=1S/C26H25N3O2S2/c1-28(2)14-15-29(26-27-20-13-12-17(32-3)16-23(20)33-26)25(30)24-18-8-4-6-10-21(18)31-22-11-7-5-9-19(22)24/h4-13,16,24H,14-15H2,1-3H3. The number of benzene rings is 3. The van der Waals surface area contributed by atoms with Gasteiger partial charge in [-0.1, -0.05) is 47.7 Å². The molecule has 0 saturated heterocycles. The van der Waals surface area contributed by atoms with Crippen LogP contribution in [0.2, 0.25) is 0 Å². The second-order valence-corrected chi connectivity index (χ2v) is 10.1. The molecule has 1 aliphatic heterocycles. The van der Waals surface area contributed by atoms with Gasteiger partial charge >= 0.3 is 0 Å². The Labute approximate surface area is 202 Å². The predicted octanol–water partition coefficient (Wildman–Crippen LogP) is 5.85. The summed E-state index contributed by atoms with van der Waals surface area (Å²) in [5, 5.41) is 0.733. The number of hydrogen-bond donors (Lipinski definition) is 0. The van der Waals surface area contributed by atoms with E-state index in [1.165, 1.54) is 4.90 Å². The van der Waals surface area contributed by atoms with Crippen molar-refractivity contribution >= 4 is 44.4 Å². The number of thioether (sulfide) groups is 1. The van der Waals surface area contributed by atoms with Gasteiger partial charge in [0.25, 0.3) is 0 Å². The zero-order valence-corrected chi connectivity index (χ0v) is 20.5. The van der Waals surface area contributed by atoms with Crippen LogP contribution in [-0.2, 0) is 4.79 Å². The lowest BCUT2D eigenvalue weighted by Gasteiger charge is -2.31. The Morgan fingerprint density at radius 3 is 2.30 bits per heavy atom. The molecule has 0 fully saturated rings. The lowest BCUT2D eigenvalue weighted by molar-refractivity contribution is -0.119. The third kappa shape index (κ3) is 4.24. The van der Waals surface area contributed by atoms with E-state index in [0.29, 0.717) is 6.54 Å². The number of carbonyl (C=O) groups is 1.